The number of methoxy groups -OCH3 is 1. The lowest BCUT2D eigenvalue weighted by molar-refractivity contribution is -0.137. The van der Waals surface area contributed by atoms with Crippen LogP contribution in [0.4, 0.5) is 0 Å². The lowest BCUT2D eigenvalue weighted by Gasteiger charge is -2.18. The number of benzene rings is 2. The van der Waals surface area contributed by atoms with Crippen LogP contribution in [-0.2, 0) is 4.79 Å². The second-order valence-corrected chi connectivity index (χ2v) is 5.28. The largest absolute Gasteiger partial charge is 0.497 e. The van der Waals surface area contributed by atoms with E-state index in [9.17, 15) is 9.59 Å². The van der Waals surface area contributed by atoms with Gasteiger partial charge >= 0.3 is 5.97 Å². The first-order valence-corrected chi connectivity index (χ1v) is 7.30. The van der Waals surface area contributed by atoms with Gasteiger partial charge in [0.25, 0.3) is 5.91 Å². The molecule has 0 saturated carbocycles. The highest BCUT2D eigenvalue weighted by atomic mass is 35.5. The van der Waals surface area contributed by atoms with E-state index in [1.807, 2.05) is 0 Å². The number of carboxylic acid groups (broad SMARTS) is 1. The van der Waals surface area contributed by atoms with Crippen molar-refractivity contribution in [3.8, 4) is 5.75 Å². The second kappa shape index (κ2) is 7.65. The molecule has 0 bridgehead atoms. The first-order valence-electron chi connectivity index (χ1n) is 6.92. The van der Waals surface area contributed by atoms with Crippen LogP contribution in [0.5, 0.6) is 5.75 Å². The predicted octanol–water partition coefficient (Wildman–Crippen LogP) is 3.29. The van der Waals surface area contributed by atoms with Crippen LogP contribution < -0.4 is 10.1 Å². The molecule has 0 aliphatic heterocycles. The molecule has 0 fully saturated rings. The average Bonchev–Trinajstić information content (AvgIpc) is 2.54. The summed E-state index contributed by atoms with van der Waals surface area (Å²) in [5, 5.41) is 12.1. The Labute approximate surface area is 138 Å². The number of amides is 1. The number of carbonyl (C=O) groups excluding carboxylic acids is 1. The molecule has 2 aromatic rings. The standard InChI is InChI=1S/C17H16ClNO4/c1-23-12-8-6-11(7-9-12)15(10-16(20)21)19-17(22)13-4-2-3-5-14(13)18/h2-9,15H,10H2,1H3,(H,19,22)(H,20,21)/t15-/m0/s1. The van der Waals surface area contributed by atoms with Crippen molar-refractivity contribution in [1.29, 1.82) is 0 Å². The fraction of sp³-hybridized carbons (Fsp3) is 0.176. The van der Waals surface area contributed by atoms with Crippen molar-refractivity contribution >= 4 is 23.5 Å². The van der Waals surface area contributed by atoms with Gasteiger partial charge in [0.05, 0.1) is 30.2 Å². The Balaban J connectivity index is 2.23. The van der Waals surface area contributed by atoms with Crippen LogP contribution in [0.25, 0.3) is 0 Å². The fourth-order valence-electron chi connectivity index (χ4n) is 2.14. The maximum atomic E-state index is 12.3. The van der Waals surface area contributed by atoms with E-state index in [1.54, 1.807) is 55.6 Å². The van der Waals surface area contributed by atoms with Gasteiger partial charge < -0.3 is 15.2 Å². The lowest BCUT2D eigenvalue weighted by atomic mass is 10.0. The highest BCUT2D eigenvalue weighted by molar-refractivity contribution is 6.33. The van der Waals surface area contributed by atoms with Gasteiger partial charge in [-0.2, -0.15) is 0 Å². The number of hydrogen-bond donors (Lipinski definition) is 2. The first-order chi connectivity index (χ1) is 11.0. The summed E-state index contributed by atoms with van der Waals surface area (Å²) in [6, 6.07) is 12.8. The number of halogens is 1. The molecule has 2 N–H and O–H groups in total. The molecular weight excluding hydrogens is 318 g/mol. The van der Waals surface area contributed by atoms with Gasteiger partial charge in [-0.05, 0) is 29.8 Å². The molecule has 23 heavy (non-hydrogen) atoms. The summed E-state index contributed by atoms with van der Waals surface area (Å²) in [5.41, 5.74) is 0.978. The van der Waals surface area contributed by atoms with Crippen LogP contribution >= 0.6 is 11.6 Å². The van der Waals surface area contributed by atoms with Gasteiger partial charge in [-0.3, -0.25) is 9.59 Å². The number of nitrogens with one attached hydrogen (secondary N) is 1. The van der Waals surface area contributed by atoms with Crippen LogP contribution in [0.1, 0.15) is 28.4 Å². The van der Waals surface area contributed by atoms with E-state index >= 15 is 0 Å². The van der Waals surface area contributed by atoms with E-state index in [4.69, 9.17) is 21.4 Å². The van der Waals surface area contributed by atoms with Gasteiger partial charge in [-0.25, -0.2) is 0 Å². The zero-order valence-electron chi connectivity index (χ0n) is 12.5. The normalized spacial score (nSPS) is 11.6. The summed E-state index contributed by atoms with van der Waals surface area (Å²) < 4.78 is 5.08. The van der Waals surface area contributed by atoms with Crippen LogP contribution in [0, 0.1) is 0 Å². The molecule has 0 aliphatic rings. The SMILES string of the molecule is COc1ccc([C@H](CC(=O)O)NC(=O)c2ccccc2Cl)cc1. The maximum absolute atomic E-state index is 12.3. The highest BCUT2D eigenvalue weighted by Gasteiger charge is 2.20. The quantitative estimate of drug-likeness (QED) is 0.850. The molecule has 0 heterocycles. The molecular formula is C17H16ClNO4. The Morgan fingerprint density at radius 1 is 1.17 bits per heavy atom. The van der Waals surface area contributed by atoms with Gasteiger partial charge in [0.1, 0.15) is 5.75 Å². The number of rotatable bonds is 6. The molecule has 0 spiro atoms. The van der Waals surface area contributed by atoms with Gasteiger partial charge in [0, 0.05) is 0 Å². The Hall–Kier alpha value is -2.53. The summed E-state index contributed by atoms with van der Waals surface area (Å²) >= 11 is 6.00. The summed E-state index contributed by atoms with van der Waals surface area (Å²) in [4.78, 5) is 23.4. The number of aliphatic carboxylic acids is 1. The van der Waals surface area contributed by atoms with E-state index < -0.39 is 17.9 Å². The third kappa shape index (κ3) is 4.47. The first kappa shape index (κ1) is 16.8. The molecule has 6 heteroatoms. The van der Waals surface area contributed by atoms with Crippen molar-refractivity contribution in [2.45, 2.75) is 12.5 Å². The molecule has 120 valence electrons. The predicted molar refractivity (Wildman–Crippen MR) is 86.9 cm³/mol. The van der Waals surface area contributed by atoms with Gasteiger partial charge in [-0.15, -0.1) is 0 Å². The van der Waals surface area contributed by atoms with Crippen LogP contribution in [0.15, 0.2) is 48.5 Å². The van der Waals surface area contributed by atoms with E-state index in [1.165, 1.54) is 0 Å². The van der Waals surface area contributed by atoms with Gasteiger partial charge in [-0.1, -0.05) is 35.9 Å². The Morgan fingerprint density at radius 2 is 1.83 bits per heavy atom. The van der Waals surface area contributed by atoms with Crippen molar-refractivity contribution < 1.29 is 19.4 Å². The van der Waals surface area contributed by atoms with E-state index in [0.29, 0.717) is 21.9 Å². The molecule has 2 aromatic carbocycles. The fourth-order valence-corrected chi connectivity index (χ4v) is 2.37. The van der Waals surface area contributed by atoms with Gasteiger partial charge in [0.15, 0.2) is 0 Å². The minimum atomic E-state index is -1.01. The third-order valence-corrected chi connectivity index (χ3v) is 3.65. The molecule has 0 saturated heterocycles. The van der Waals surface area contributed by atoms with Crippen LogP contribution in [0.3, 0.4) is 0 Å². The molecule has 1 atom stereocenters. The molecule has 0 aliphatic carbocycles. The molecule has 1 amide bonds. The molecule has 0 radical (unpaired) electrons. The van der Waals surface area contributed by atoms with Crippen molar-refractivity contribution in [1.82, 2.24) is 5.32 Å². The van der Waals surface area contributed by atoms with Gasteiger partial charge in [0.2, 0.25) is 0 Å². The molecule has 0 aromatic heterocycles. The lowest BCUT2D eigenvalue weighted by Crippen LogP contribution is -2.30. The number of ether oxygens (including phenoxy) is 1. The smallest absolute Gasteiger partial charge is 0.305 e. The van der Waals surface area contributed by atoms with Crippen molar-refractivity contribution in [3.63, 3.8) is 0 Å². The third-order valence-electron chi connectivity index (χ3n) is 3.32. The summed E-state index contributed by atoms with van der Waals surface area (Å²) in [5.74, 6) is -0.775. The maximum Gasteiger partial charge on any atom is 0.305 e. The highest BCUT2D eigenvalue weighted by Crippen LogP contribution is 2.22. The van der Waals surface area contributed by atoms with Crippen LogP contribution in [-0.4, -0.2) is 24.1 Å². The molecule has 5 nitrogen and oxygen atoms in total. The number of hydrogen-bond acceptors (Lipinski definition) is 3. The second-order valence-electron chi connectivity index (χ2n) is 4.88. The Morgan fingerprint density at radius 3 is 2.39 bits per heavy atom. The van der Waals surface area contributed by atoms with Crippen LogP contribution in [0.2, 0.25) is 5.02 Å². The zero-order valence-corrected chi connectivity index (χ0v) is 13.2. The number of carbonyl (C=O) groups is 2. The minimum absolute atomic E-state index is 0.234. The number of carboxylic acids is 1. The van der Waals surface area contributed by atoms with E-state index in [0.717, 1.165) is 0 Å². The zero-order chi connectivity index (χ0) is 16.8. The van der Waals surface area contributed by atoms with E-state index in [2.05, 4.69) is 5.32 Å². The van der Waals surface area contributed by atoms with Crippen molar-refractivity contribution in [3.05, 3.63) is 64.7 Å². The molecule has 0 unspecified atom stereocenters. The Kier molecular flexibility index (Phi) is 5.60. The Bertz CT molecular complexity index is 700. The summed E-state index contributed by atoms with van der Waals surface area (Å²) in [6.07, 6.45) is -0.234. The summed E-state index contributed by atoms with van der Waals surface area (Å²) in [6.45, 7) is 0. The van der Waals surface area contributed by atoms with E-state index in [-0.39, 0.29) is 6.42 Å². The minimum Gasteiger partial charge on any atom is -0.497 e. The van der Waals surface area contributed by atoms with Crippen molar-refractivity contribution in [2.75, 3.05) is 7.11 Å². The topological polar surface area (TPSA) is 75.6 Å². The monoisotopic (exact) mass is 333 g/mol. The average molecular weight is 334 g/mol. The summed E-state index contributed by atoms with van der Waals surface area (Å²) in [7, 11) is 1.54. The molecule has 2 rings (SSSR count). The van der Waals surface area contributed by atoms with Crippen molar-refractivity contribution in [2.24, 2.45) is 0 Å².